The van der Waals surface area contributed by atoms with Gasteiger partial charge in [-0.05, 0) is 38.3 Å². The molecule has 1 aliphatic heterocycles. The number of hydrogen-bond donors (Lipinski definition) is 1. The first-order valence-corrected chi connectivity index (χ1v) is 4.14. The lowest BCUT2D eigenvalue weighted by Crippen LogP contribution is -2.47. The topological polar surface area (TPSA) is 29.3 Å². The van der Waals surface area contributed by atoms with Crippen molar-refractivity contribution in [1.82, 2.24) is 4.90 Å². The van der Waals surface area contributed by atoms with Crippen molar-refractivity contribution in [2.75, 3.05) is 20.1 Å². The van der Waals surface area contributed by atoms with E-state index in [9.17, 15) is 0 Å². The highest BCUT2D eigenvalue weighted by Crippen LogP contribution is 2.46. The van der Waals surface area contributed by atoms with Crippen LogP contribution >= 0.6 is 0 Å². The summed E-state index contributed by atoms with van der Waals surface area (Å²) in [6, 6.07) is 0.520. The van der Waals surface area contributed by atoms with Crippen LogP contribution in [0.2, 0.25) is 0 Å². The third-order valence-electron chi connectivity index (χ3n) is 3.02. The fourth-order valence-corrected chi connectivity index (χ4v) is 2.54. The summed E-state index contributed by atoms with van der Waals surface area (Å²) in [6.45, 7) is 2.58. The molecule has 1 saturated heterocycles. The van der Waals surface area contributed by atoms with Gasteiger partial charge < -0.3 is 10.6 Å². The lowest BCUT2D eigenvalue weighted by molar-refractivity contribution is 0.116. The molecule has 2 aliphatic rings. The van der Waals surface area contributed by atoms with Crippen LogP contribution < -0.4 is 5.73 Å². The van der Waals surface area contributed by atoms with Crippen LogP contribution in [0.5, 0.6) is 0 Å². The maximum atomic E-state index is 5.76. The highest BCUT2D eigenvalue weighted by atomic mass is 15.1. The Morgan fingerprint density at radius 1 is 1.50 bits per heavy atom. The van der Waals surface area contributed by atoms with Gasteiger partial charge in [0.05, 0.1) is 0 Å². The van der Waals surface area contributed by atoms with Gasteiger partial charge in [-0.25, -0.2) is 0 Å². The summed E-state index contributed by atoms with van der Waals surface area (Å²) in [5.74, 6) is 0. The molecule has 58 valence electrons. The van der Waals surface area contributed by atoms with Gasteiger partial charge in [0.2, 0.25) is 0 Å². The van der Waals surface area contributed by atoms with Crippen molar-refractivity contribution in [3.8, 4) is 0 Å². The van der Waals surface area contributed by atoms with Crippen LogP contribution in [0.4, 0.5) is 0 Å². The minimum atomic E-state index is 0.520. The van der Waals surface area contributed by atoms with Gasteiger partial charge in [0, 0.05) is 12.6 Å². The quantitative estimate of drug-likeness (QED) is 0.528. The summed E-state index contributed by atoms with van der Waals surface area (Å²) in [7, 11) is 2.21. The molecular weight excluding hydrogens is 124 g/mol. The Morgan fingerprint density at radius 3 is 2.60 bits per heavy atom. The SMILES string of the molecule is CN1CCC2(CC(N)C2)C1. The van der Waals surface area contributed by atoms with E-state index < -0.39 is 0 Å². The second-order valence-corrected chi connectivity index (χ2v) is 4.16. The average molecular weight is 140 g/mol. The van der Waals surface area contributed by atoms with Gasteiger partial charge in [0.1, 0.15) is 0 Å². The molecule has 2 rings (SSSR count). The third kappa shape index (κ3) is 0.867. The predicted octanol–water partition coefficient (Wildman–Crippen LogP) is 0.429. The lowest BCUT2D eigenvalue weighted by atomic mass is 9.65. The summed E-state index contributed by atoms with van der Waals surface area (Å²) < 4.78 is 0. The van der Waals surface area contributed by atoms with Gasteiger partial charge in [0.25, 0.3) is 0 Å². The van der Waals surface area contributed by atoms with Crippen LogP contribution in [-0.2, 0) is 0 Å². The minimum Gasteiger partial charge on any atom is -0.328 e. The molecule has 1 heterocycles. The molecule has 1 saturated carbocycles. The molecule has 0 radical (unpaired) electrons. The Balaban J connectivity index is 1.95. The van der Waals surface area contributed by atoms with Gasteiger partial charge in [-0.1, -0.05) is 0 Å². The van der Waals surface area contributed by atoms with Gasteiger partial charge in [-0.15, -0.1) is 0 Å². The van der Waals surface area contributed by atoms with E-state index in [0.717, 1.165) is 0 Å². The molecule has 10 heavy (non-hydrogen) atoms. The van der Waals surface area contributed by atoms with Crippen LogP contribution in [0.15, 0.2) is 0 Å². The zero-order valence-electron chi connectivity index (χ0n) is 6.64. The smallest absolute Gasteiger partial charge is 0.00503 e. The number of likely N-dealkylation sites (tertiary alicyclic amines) is 1. The van der Waals surface area contributed by atoms with Crippen LogP contribution in [0.25, 0.3) is 0 Å². The molecule has 0 aromatic heterocycles. The van der Waals surface area contributed by atoms with Gasteiger partial charge in [-0.2, -0.15) is 0 Å². The zero-order chi connectivity index (χ0) is 7.19. The van der Waals surface area contributed by atoms with Crippen molar-refractivity contribution < 1.29 is 0 Å². The van der Waals surface area contributed by atoms with Crippen molar-refractivity contribution in [3.05, 3.63) is 0 Å². The van der Waals surface area contributed by atoms with E-state index in [1.54, 1.807) is 0 Å². The second kappa shape index (κ2) is 1.95. The first-order valence-electron chi connectivity index (χ1n) is 4.14. The molecule has 0 aromatic carbocycles. The van der Waals surface area contributed by atoms with Crippen molar-refractivity contribution >= 4 is 0 Å². The van der Waals surface area contributed by atoms with Crippen molar-refractivity contribution in [3.63, 3.8) is 0 Å². The van der Waals surface area contributed by atoms with E-state index in [1.807, 2.05) is 0 Å². The van der Waals surface area contributed by atoms with Gasteiger partial charge in [-0.3, -0.25) is 0 Å². The summed E-state index contributed by atoms with van der Waals surface area (Å²) in [6.07, 6.45) is 3.94. The fourth-order valence-electron chi connectivity index (χ4n) is 2.54. The van der Waals surface area contributed by atoms with Crippen LogP contribution in [-0.4, -0.2) is 31.1 Å². The lowest BCUT2D eigenvalue weighted by Gasteiger charge is -2.43. The van der Waals surface area contributed by atoms with Crippen LogP contribution in [0.3, 0.4) is 0 Å². The zero-order valence-corrected chi connectivity index (χ0v) is 6.64. The minimum absolute atomic E-state index is 0.520. The number of nitrogens with zero attached hydrogens (tertiary/aromatic N) is 1. The van der Waals surface area contributed by atoms with E-state index in [4.69, 9.17) is 5.73 Å². The molecule has 2 nitrogen and oxygen atoms in total. The molecular formula is C8H16N2. The maximum Gasteiger partial charge on any atom is 0.00503 e. The van der Waals surface area contributed by atoms with Crippen LogP contribution in [0, 0.1) is 5.41 Å². The largest absolute Gasteiger partial charge is 0.328 e. The predicted molar refractivity (Wildman–Crippen MR) is 41.8 cm³/mol. The standard InChI is InChI=1S/C8H16N2/c1-10-3-2-8(6-10)4-7(9)5-8/h7H,2-6,9H2,1H3. The average Bonchev–Trinajstić information content (AvgIpc) is 2.10. The molecule has 0 aromatic rings. The van der Waals surface area contributed by atoms with Crippen LogP contribution in [0.1, 0.15) is 19.3 Å². The molecule has 1 aliphatic carbocycles. The van der Waals surface area contributed by atoms with E-state index >= 15 is 0 Å². The highest BCUT2D eigenvalue weighted by Gasteiger charge is 2.45. The van der Waals surface area contributed by atoms with E-state index in [2.05, 4.69) is 11.9 Å². The first-order chi connectivity index (χ1) is 4.70. The summed E-state index contributed by atoms with van der Waals surface area (Å²) in [4.78, 5) is 2.42. The van der Waals surface area contributed by atoms with Gasteiger partial charge >= 0.3 is 0 Å². The van der Waals surface area contributed by atoms with E-state index in [-0.39, 0.29) is 0 Å². The normalized spacial score (nSPS) is 48.0. The number of nitrogens with two attached hydrogens (primary N) is 1. The first kappa shape index (κ1) is 6.62. The van der Waals surface area contributed by atoms with Crippen molar-refractivity contribution in [1.29, 1.82) is 0 Å². The maximum absolute atomic E-state index is 5.76. The van der Waals surface area contributed by atoms with Crippen molar-refractivity contribution in [2.45, 2.75) is 25.3 Å². The van der Waals surface area contributed by atoms with E-state index in [1.165, 1.54) is 32.4 Å². The fraction of sp³-hybridized carbons (Fsp3) is 1.00. The molecule has 0 amide bonds. The third-order valence-corrected chi connectivity index (χ3v) is 3.02. The molecule has 2 fully saturated rings. The van der Waals surface area contributed by atoms with E-state index in [0.29, 0.717) is 11.5 Å². The molecule has 2 heteroatoms. The summed E-state index contributed by atoms with van der Waals surface area (Å²) in [5, 5.41) is 0. The molecule has 0 bridgehead atoms. The summed E-state index contributed by atoms with van der Waals surface area (Å²) >= 11 is 0. The monoisotopic (exact) mass is 140 g/mol. The summed E-state index contributed by atoms with van der Waals surface area (Å²) in [5.41, 5.74) is 6.42. The van der Waals surface area contributed by atoms with Gasteiger partial charge in [0.15, 0.2) is 0 Å². The Hall–Kier alpha value is -0.0800. The Morgan fingerprint density at radius 2 is 2.20 bits per heavy atom. The molecule has 1 spiro atoms. The highest BCUT2D eigenvalue weighted by molar-refractivity contribution is 5.01. The van der Waals surface area contributed by atoms with Crippen molar-refractivity contribution in [2.24, 2.45) is 11.1 Å². The second-order valence-electron chi connectivity index (χ2n) is 4.16. The number of rotatable bonds is 0. The molecule has 0 unspecified atom stereocenters. The molecule has 0 atom stereocenters. The Kier molecular flexibility index (Phi) is 1.29. The number of hydrogen-bond acceptors (Lipinski definition) is 2. The molecule has 2 N–H and O–H groups in total. The Labute approximate surface area is 62.4 Å². The Bertz CT molecular complexity index is 133.